The molecular formula is C31H33ClFN5O. The molecule has 2 fully saturated rings. The van der Waals surface area contributed by atoms with Crippen LogP contribution in [0.4, 0.5) is 14.9 Å². The molecule has 2 aliphatic rings. The van der Waals surface area contributed by atoms with Crippen LogP contribution in [0.1, 0.15) is 36.9 Å². The van der Waals surface area contributed by atoms with Crippen LogP contribution in [0.25, 0.3) is 11.1 Å². The number of anilines is 1. The summed E-state index contributed by atoms with van der Waals surface area (Å²) in [7, 11) is 0. The Labute approximate surface area is 234 Å². The first-order valence-corrected chi connectivity index (χ1v) is 13.9. The van der Waals surface area contributed by atoms with E-state index in [2.05, 4.69) is 57.7 Å². The van der Waals surface area contributed by atoms with Crippen molar-refractivity contribution in [3.8, 4) is 17.2 Å². The molecule has 3 aromatic rings. The average molecular weight is 546 g/mol. The second-order valence-electron chi connectivity index (χ2n) is 10.6. The number of piperazine rings is 1. The van der Waals surface area contributed by atoms with Gasteiger partial charge < -0.3 is 15.5 Å². The maximum Gasteiger partial charge on any atom is 0.319 e. The van der Waals surface area contributed by atoms with E-state index in [1.807, 2.05) is 18.2 Å². The Kier molecular flexibility index (Phi) is 8.47. The number of rotatable bonds is 8. The largest absolute Gasteiger partial charge is 0.336 e. The minimum Gasteiger partial charge on any atom is -0.336 e. The molecule has 2 atom stereocenters. The number of nitrogens with zero attached hydrogens (tertiary/aromatic N) is 3. The molecule has 39 heavy (non-hydrogen) atoms. The number of urea groups is 1. The Morgan fingerprint density at radius 2 is 1.90 bits per heavy atom. The third-order valence-electron chi connectivity index (χ3n) is 7.63. The molecule has 8 heteroatoms. The van der Waals surface area contributed by atoms with Gasteiger partial charge in [0, 0.05) is 44.5 Å². The number of amides is 2. The van der Waals surface area contributed by atoms with Gasteiger partial charge in [-0.3, -0.25) is 4.90 Å². The highest BCUT2D eigenvalue weighted by atomic mass is 35.5. The lowest BCUT2D eigenvalue weighted by molar-refractivity contribution is 0.0468. The van der Waals surface area contributed by atoms with Crippen LogP contribution in [0.5, 0.6) is 0 Å². The first kappa shape index (κ1) is 27.1. The number of carbonyl (C=O) groups is 1. The van der Waals surface area contributed by atoms with Crippen LogP contribution in [0.3, 0.4) is 0 Å². The maximum atomic E-state index is 13.5. The lowest BCUT2D eigenvalue weighted by atomic mass is 9.97. The molecule has 1 saturated carbocycles. The predicted molar refractivity (Wildman–Crippen MR) is 153 cm³/mol. The predicted octanol–water partition coefficient (Wildman–Crippen LogP) is 6.30. The summed E-state index contributed by atoms with van der Waals surface area (Å²) in [5.74, 6) is 0.331. The molecule has 0 spiro atoms. The fraction of sp³-hybridized carbons (Fsp3) is 0.355. The summed E-state index contributed by atoms with van der Waals surface area (Å²) in [5.41, 5.74) is 4.21. The number of benzene rings is 3. The monoisotopic (exact) mass is 545 g/mol. The molecule has 1 saturated heterocycles. The van der Waals surface area contributed by atoms with E-state index in [1.54, 1.807) is 6.07 Å². The molecule has 202 valence electrons. The van der Waals surface area contributed by atoms with E-state index in [0.29, 0.717) is 23.8 Å². The molecule has 0 bridgehead atoms. The average Bonchev–Trinajstić information content (AvgIpc) is 3.76. The molecule has 1 aliphatic carbocycles. The van der Waals surface area contributed by atoms with Gasteiger partial charge in [0.25, 0.3) is 0 Å². The fourth-order valence-electron chi connectivity index (χ4n) is 5.37. The molecule has 2 N–H and O–H groups in total. The van der Waals surface area contributed by atoms with E-state index >= 15 is 0 Å². The van der Waals surface area contributed by atoms with Gasteiger partial charge in [0.2, 0.25) is 0 Å². The van der Waals surface area contributed by atoms with Crippen LogP contribution in [-0.2, 0) is 0 Å². The van der Waals surface area contributed by atoms with Crippen LogP contribution < -0.4 is 10.6 Å². The van der Waals surface area contributed by atoms with Crippen molar-refractivity contribution in [3.63, 3.8) is 0 Å². The summed E-state index contributed by atoms with van der Waals surface area (Å²) < 4.78 is 13.5. The number of carbonyl (C=O) groups excluding carboxylic acids is 1. The minimum absolute atomic E-state index is 0.0230. The fourth-order valence-corrected chi connectivity index (χ4v) is 5.55. The van der Waals surface area contributed by atoms with Gasteiger partial charge in [-0.1, -0.05) is 48.0 Å². The Bertz CT molecular complexity index is 1350. The highest BCUT2D eigenvalue weighted by Gasteiger charge is 2.33. The Balaban J connectivity index is 1.32. The number of halogens is 2. The van der Waals surface area contributed by atoms with Gasteiger partial charge in [0.1, 0.15) is 5.82 Å². The second-order valence-corrected chi connectivity index (χ2v) is 11.0. The SMILES string of the molecule is C[C@H]1CN(CC2CC2)CCN1[C@@H](CNC(=O)Nc1ccc(F)c(Cl)c1)c1ccc(-c2cccc(C#N)c2)cc1. The summed E-state index contributed by atoms with van der Waals surface area (Å²) in [6, 6.07) is 22.2. The topological polar surface area (TPSA) is 71.4 Å². The maximum absolute atomic E-state index is 13.5. The van der Waals surface area contributed by atoms with Gasteiger partial charge in [-0.25, -0.2) is 9.18 Å². The van der Waals surface area contributed by atoms with E-state index in [-0.39, 0.29) is 17.1 Å². The molecule has 0 aromatic heterocycles. The molecule has 3 aromatic carbocycles. The van der Waals surface area contributed by atoms with Crippen molar-refractivity contribution in [2.24, 2.45) is 5.92 Å². The zero-order chi connectivity index (χ0) is 27.4. The smallest absolute Gasteiger partial charge is 0.319 e. The van der Waals surface area contributed by atoms with E-state index in [4.69, 9.17) is 11.6 Å². The number of hydrogen-bond acceptors (Lipinski definition) is 4. The summed E-state index contributed by atoms with van der Waals surface area (Å²) in [5, 5.41) is 15.0. The Morgan fingerprint density at radius 1 is 1.10 bits per heavy atom. The molecule has 0 unspecified atom stereocenters. The van der Waals surface area contributed by atoms with Crippen molar-refractivity contribution in [3.05, 3.63) is 88.7 Å². The lowest BCUT2D eigenvalue weighted by Crippen LogP contribution is -2.55. The molecule has 0 radical (unpaired) electrons. The standard InChI is InChI=1S/C31H33ClFN5O/c1-21-19-37(20-22-5-6-22)13-14-38(21)30(18-35-31(39)36-27-11-12-29(33)28(32)16-27)25-9-7-24(8-10-25)26-4-2-3-23(15-26)17-34/h2-4,7-12,15-16,21-22,30H,5-6,13-14,18-20H2,1H3,(H2,35,36,39)/t21-,30-/m0/s1. The molecular weight excluding hydrogens is 513 g/mol. The molecule has 1 aliphatic heterocycles. The minimum atomic E-state index is -0.527. The van der Waals surface area contributed by atoms with Gasteiger partial charge in [-0.05, 0) is 72.7 Å². The van der Waals surface area contributed by atoms with Crippen LogP contribution >= 0.6 is 11.6 Å². The van der Waals surface area contributed by atoms with Crippen molar-refractivity contribution < 1.29 is 9.18 Å². The van der Waals surface area contributed by atoms with Gasteiger partial charge in [0.05, 0.1) is 22.7 Å². The summed E-state index contributed by atoms with van der Waals surface area (Å²) in [4.78, 5) is 17.8. The highest BCUT2D eigenvalue weighted by molar-refractivity contribution is 6.31. The quantitative estimate of drug-likeness (QED) is 0.348. The summed E-state index contributed by atoms with van der Waals surface area (Å²) in [6.45, 7) is 6.79. The Hall–Kier alpha value is -3.44. The van der Waals surface area contributed by atoms with Gasteiger partial charge in [0.15, 0.2) is 0 Å². The second kappa shape index (κ2) is 12.2. The molecule has 1 heterocycles. The summed E-state index contributed by atoms with van der Waals surface area (Å²) in [6.07, 6.45) is 2.69. The van der Waals surface area contributed by atoms with Crippen LogP contribution in [0, 0.1) is 23.1 Å². The van der Waals surface area contributed by atoms with E-state index < -0.39 is 5.82 Å². The van der Waals surface area contributed by atoms with Crippen LogP contribution in [-0.4, -0.2) is 54.6 Å². The van der Waals surface area contributed by atoms with Crippen LogP contribution in [0.15, 0.2) is 66.7 Å². The van der Waals surface area contributed by atoms with Gasteiger partial charge in [-0.2, -0.15) is 5.26 Å². The third-order valence-corrected chi connectivity index (χ3v) is 7.92. The molecule has 2 amide bonds. The molecule has 6 nitrogen and oxygen atoms in total. The molecule has 5 rings (SSSR count). The number of nitriles is 1. The van der Waals surface area contributed by atoms with E-state index in [0.717, 1.165) is 42.2 Å². The Morgan fingerprint density at radius 3 is 2.59 bits per heavy atom. The van der Waals surface area contributed by atoms with Gasteiger partial charge >= 0.3 is 6.03 Å². The highest BCUT2D eigenvalue weighted by Crippen LogP contribution is 2.32. The van der Waals surface area contributed by atoms with Crippen molar-refractivity contribution in [2.45, 2.75) is 31.8 Å². The zero-order valence-corrected chi connectivity index (χ0v) is 22.8. The first-order valence-electron chi connectivity index (χ1n) is 13.5. The number of nitrogens with one attached hydrogen (secondary N) is 2. The summed E-state index contributed by atoms with van der Waals surface area (Å²) >= 11 is 5.87. The third kappa shape index (κ3) is 6.96. The van der Waals surface area contributed by atoms with Crippen molar-refractivity contribution in [1.82, 2.24) is 15.1 Å². The lowest BCUT2D eigenvalue weighted by Gasteiger charge is -2.44. The van der Waals surface area contributed by atoms with Crippen molar-refractivity contribution >= 4 is 23.3 Å². The van der Waals surface area contributed by atoms with E-state index in [9.17, 15) is 14.4 Å². The zero-order valence-electron chi connectivity index (χ0n) is 22.0. The number of hydrogen-bond donors (Lipinski definition) is 2. The van der Waals surface area contributed by atoms with Crippen molar-refractivity contribution in [1.29, 1.82) is 5.26 Å². The van der Waals surface area contributed by atoms with Crippen molar-refractivity contribution in [2.75, 3.05) is 38.0 Å². The van der Waals surface area contributed by atoms with E-state index in [1.165, 1.54) is 37.6 Å². The van der Waals surface area contributed by atoms with Gasteiger partial charge in [-0.15, -0.1) is 0 Å². The van der Waals surface area contributed by atoms with Crippen LogP contribution in [0.2, 0.25) is 5.02 Å². The first-order chi connectivity index (χ1) is 18.9. The normalized spacial score (nSPS) is 18.8.